The summed E-state index contributed by atoms with van der Waals surface area (Å²) in [5.41, 5.74) is 3.14. The van der Waals surface area contributed by atoms with E-state index in [1.165, 1.54) is 0 Å². The minimum absolute atomic E-state index is 0.279. The van der Waals surface area contributed by atoms with E-state index in [-0.39, 0.29) is 6.61 Å². The van der Waals surface area contributed by atoms with Gasteiger partial charge in [0.15, 0.2) is 0 Å². The van der Waals surface area contributed by atoms with E-state index in [2.05, 4.69) is 4.98 Å². The maximum absolute atomic E-state index is 10.0. The summed E-state index contributed by atoms with van der Waals surface area (Å²) in [5.74, 6) is 0.820. The molecule has 1 unspecified atom stereocenters. The van der Waals surface area contributed by atoms with Crippen molar-refractivity contribution < 1.29 is 9.84 Å². The van der Waals surface area contributed by atoms with Crippen molar-refractivity contribution in [2.45, 2.75) is 33.4 Å². The lowest BCUT2D eigenvalue weighted by Crippen LogP contribution is -2.24. The van der Waals surface area contributed by atoms with Gasteiger partial charge >= 0.3 is 0 Å². The molecule has 2 aromatic rings. The van der Waals surface area contributed by atoms with Gasteiger partial charge in [0.25, 0.3) is 0 Å². The van der Waals surface area contributed by atoms with Gasteiger partial charge < -0.3 is 14.4 Å². The molecular weight excluding hydrogens is 240 g/mol. The van der Waals surface area contributed by atoms with Crippen LogP contribution in [0.15, 0.2) is 30.6 Å². The Hall–Kier alpha value is -1.81. The number of rotatable bonds is 5. The van der Waals surface area contributed by atoms with Gasteiger partial charge in [0.05, 0.1) is 18.6 Å². The predicted octanol–water partition coefficient (Wildman–Crippen LogP) is 2.25. The van der Waals surface area contributed by atoms with Gasteiger partial charge in [0, 0.05) is 5.69 Å². The Morgan fingerprint density at radius 1 is 1.26 bits per heavy atom. The third kappa shape index (κ3) is 3.35. The lowest BCUT2D eigenvalue weighted by atomic mass is 10.2. The molecule has 1 heterocycles. The molecule has 0 saturated heterocycles. The SMILES string of the molecule is Cc1ccccc1OCC(O)Cn1cnc(C)c1C. The first-order chi connectivity index (χ1) is 9.08. The monoisotopic (exact) mass is 260 g/mol. The van der Waals surface area contributed by atoms with Crippen LogP contribution in [0.4, 0.5) is 0 Å². The standard InChI is InChI=1S/C15H20N2O2/c1-11-6-4-5-7-15(11)19-9-14(18)8-17-10-16-12(2)13(17)3/h4-7,10,14,18H,8-9H2,1-3H3. The Morgan fingerprint density at radius 2 is 2.00 bits per heavy atom. The van der Waals surface area contributed by atoms with Crippen LogP contribution in [0.1, 0.15) is 17.0 Å². The largest absolute Gasteiger partial charge is 0.491 e. The molecule has 0 spiro atoms. The highest BCUT2D eigenvalue weighted by atomic mass is 16.5. The van der Waals surface area contributed by atoms with E-state index in [4.69, 9.17) is 4.74 Å². The van der Waals surface area contributed by atoms with Gasteiger partial charge in [-0.05, 0) is 32.4 Å². The molecule has 0 aliphatic carbocycles. The first-order valence-corrected chi connectivity index (χ1v) is 6.42. The number of ether oxygens (including phenoxy) is 1. The van der Waals surface area contributed by atoms with Gasteiger partial charge in [-0.1, -0.05) is 18.2 Å². The van der Waals surface area contributed by atoms with Crippen molar-refractivity contribution in [1.82, 2.24) is 9.55 Å². The molecule has 4 heteroatoms. The van der Waals surface area contributed by atoms with Crippen LogP contribution in [0.25, 0.3) is 0 Å². The molecule has 2 rings (SSSR count). The van der Waals surface area contributed by atoms with Crippen LogP contribution in [-0.4, -0.2) is 27.4 Å². The highest BCUT2D eigenvalue weighted by Crippen LogP contribution is 2.16. The lowest BCUT2D eigenvalue weighted by molar-refractivity contribution is 0.0916. The summed E-state index contributed by atoms with van der Waals surface area (Å²) < 4.78 is 7.58. The van der Waals surface area contributed by atoms with E-state index in [9.17, 15) is 5.11 Å². The minimum atomic E-state index is -0.549. The maximum atomic E-state index is 10.0. The Balaban J connectivity index is 1.90. The average molecular weight is 260 g/mol. The van der Waals surface area contributed by atoms with E-state index in [0.29, 0.717) is 6.54 Å². The molecule has 1 aromatic heterocycles. The summed E-state index contributed by atoms with van der Waals surface area (Å²) in [7, 11) is 0. The number of aliphatic hydroxyl groups is 1. The maximum Gasteiger partial charge on any atom is 0.122 e. The van der Waals surface area contributed by atoms with E-state index in [0.717, 1.165) is 22.7 Å². The Labute approximate surface area is 113 Å². The molecule has 4 nitrogen and oxygen atoms in total. The normalized spacial score (nSPS) is 12.4. The van der Waals surface area contributed by atoms with E-state index in [1.54, 1.807) is 6.33 Å². The molecule has 1 aromatic carbocycles. The summed E-state index contributed by atoms with van der Waals surface area (Å²) >= 11 is 0. The number of aliphatic hydroxyl groups excluding tert-OH is 1. The quantitative estimate of drug-likeness (QED) is 0.897. The van der Waals surface area contributed by atoms with Crippen LogP contribution < -0.4 is 4.74 Å². The van der Waals surface area contributed by atoms with Crippen LogP contribution in [0, 0.1) is 20.8 Å². The van der Waals surface area contributed by atoms with Crippen molar-refractivity contribution in [2.24, 2.45) is 0 Å². The molecule has 0 aliphatic rings. The third-order valence-electron chi connectivity index (χ3n) is 3.28. The molecule has 102 valence electrons. The predicted molar refractivity (Wildman–Crippen MR) is 74.4 cm³/mol. The molecule has 19 heavy (non-hydrogen) atoms. The summed E-state index contributed by atoms with van der Waals surface area (Å²) in [6, 6.07) is 7.80. The summed E-state index contributed by atoms with van der Waals surface area (Å²) in [6.45, 7) is 6.73. The molecule has 0 fully saturated rings. The molecule has 1 N–H and O–H groups in total. The zero-order valence-electron chi connectivity index (χ0n) is 11.6. The van der Waals surface area contributed by atoms with E-state index < -0.39 is 6.10 Å². The van der Waals surface area contributed by atoms with Crippen molar-refractivity contribution in [3.05, 3.63) is 47.5 Å². The van der Waals surface area contributed by atoms with Crippen molar-refractivity contribution >= 4 is 0 Å². The van der Waals surface area contributed by atoms with Gasteiger partial charge in [-0.2, -0.15) is 0 Å². The lowest BCUT2D eigenvalue weighted by Gasteiger charge is -2.15. The van der Waals surface area contributed by atoms with Crippen LogP contribution in [-0.2, 0) is 6.54 Å². The summed E-state index contributed by atoms with van der Waals surface area (Å²) in [6.07, 6.45) is 1.20. The number of aromatic nitrogens is 2. The fraction of sp³-hybridized carbons (Fsp3) is 0.400. The smallest absolute Gasteiger partial charge is 0.122 e. The minimum Gasteiger partial charge on any atom is -0.491 e. The zero-order valence-corrected chi connectivity index (χ0v) is 11.6. The van der Waals surface area contributed by atoms with Gasteiger partial charge in [-0.15, -0.1) is 0 Å². The number of para-hydroxylation sites is 1. The average Bonchev–Trinajstić information content (AvgIpc) is 2.70. The van der Waals surface area contributed by atoms with Gasteiger partial charge in [-0.3, -0.25) is 0 Å². The Bertz CT molecular complexity index is 549. The highest BCUT2D eigenvalue weighted by Gasteiger charge is 2.10. The summed E-state index contributed by atoms with van der Waals surface area (Å²) in [4.78, 5) is 4.21. The molecular formula is C15H20N2O2. The molecule has 0 radical (unpaired) electrons. The van der Waals surface area contributed by atoms with Gasteiger partial charge in [0.1, 0.15) is 18.5 Å². The number of hydrogen-bond acceptors (Lipinski definition) is 3. The molecule has 0 amide bonds. The zero-order chi connectivity index (χ0) is 13.8. The second-order valence-corrected chi connectivity index (χ2v) is 4.80. The Kier molecular flexibility index (Phi) is 4.22. The van der Waals surface area contributed by atoms with Crippen molar-refractivity contribution in [2.75, 3.05) is 6.61 Å². The van der Waals surface area contributed by atoms with E-state index in [1.807, 2.05) is 49.6 Å². The highest BCUT2D eigenvalue weighted by molar-refractivity contribution is 5.31. The molecule has 1 atom stereocenters. The van der Waals surface area contributed by atoms with Gasteiger partial charge in [-0.25, -0.2) is 4.98 Å². The number of nitrogens with zero attached hydrogens (tertiary/aromatic N) is 2. The molecule has 0 bridgehead atoms. The third-order valence-corrected chi connectivity index (χ3v) is 3.28. The second-order valence-electron chi connectivity index (χ2n) is 4.80. The van der Waals surface area contributed by atoms with Crippen LogP contribution in [0.5, 0.6) is 5.75 Å². The first kappa shape index (κ1) is 13.6. The van der Waals surface area contributed by atoms with Crippen LogP contribution in [0.3, 0.4) is 0 Å². The number of aryl methyl sites for hydroxylation is 2. The first-order valence-electron chi connectivity index (χ1n) is 6.42. The fourth-order valence-electron chi connectivity index (χ4n) is 1.91. The Morgan fingerprint density at radius 3 is 2.63 bits per heavy atom. The second kappa shape index (κ2) is 5.89. The number of hydrogen-bond donors (Lipinski definition) is 1. The molecule has 0 saturated carbocycles. The number of imidazole rings is 1. The van der Waals surface area contributed by atoms with E-state index >= 15 is 0 Å². The molecule has 0 aliphatic heterocycles. The van der Waals surface area contributed by atoms with Crippen molar-refractivity contribution in [3.63, 3.8) is 0 Å². The van der Waals surface area contributed by atoms with Crippen molar-refractivity contribution in [3.8, 4) is 5.75 Å². The fourth-order valence-corrected chi connectivity index (χ4v) is 1.91. The summed E-state index contributed by atoms with van der Waals surface area (Å²) in [5, 5.41) is 10.0. The van der Waals surface area contributed by atoms with Crippen LogP contribution in [0.2, 0.25) is 0 Å². The topological polar surface area (TPSA) is 47.3 Å². The van der Waals surface area contributed by atoms with Crippen molar-refractivity contribution in [1.29, 1.82) is 0 Å². The van der Waals surface area contributed by atoms with Crippen LogP contribution >= 0.6 is 0 Å². The van der Waals surface area contributed by atoms with Gasteiger partial charge in [0.2, 0.25) is 0 Å². The number of benzene rings is 1.